The van der Waals surface area contributed by atoms with E-state index >= 15 is 0 Å². The lowest BCUT2D eigenvalue weighted by Gasteiger charge is -2.14. The van der Waals surface area contributed by atoms with Crippen LogP contribution in [0.1, 0.15) is 24.5 Å². The molecule has 1 aromatic rings. The molecule has 0 bridgehead atoms. The highest BCUT2D eigenvalue weighted by Gasteiger charge is 2.25. The molecule has 13 heavy (non-hydrogen) atoms. The van der Waals surface area contributed by atoms with E-state index < -0.39 is 0 Å². The number of rotatable bonds is 2. The molecular weight excluding hydrogens is 160 g/mol. The molecule has 70 valence electrons. The number of hydrogen-bond donors (Lipinski definition) is 1. The summed E-state index contributed by atoms with van der Waals surface area (Å²) < 4.78 is 0. The average Bonchev–Trinajstić information content (AvgIpc) is 2.59. The van der Waals surface area contributed by atoms with Crippen LogP contribution in [-0.2, 0) is 12.8 Å². The van der Waals surface area contributed by atoms with Crippen LogP contribution in [0.25, 0.3) is 0 Å². The van der Waals surface area contributed by atoms with E-state index in [2.05, 4.69) is 24.3 Å². The van der Waals surface area contributed by atoms with Crippen LogP contribution < -0.4 is 0 Å². The molecule has 1 N–H and O–H groups in total. The van der Waals surface area contributed by atoms with Gasteiger partial charge in [-0.15, -0.1) is 0 Å². The molecular formula is C12H16O. The maximum Gasteiger partial charge on any atom is 0.0572 e. The first-order valence-corrected chi connectivity index (χ1v) is 5.06. The lowest BCUT2D eigenvalue weighted by molar-refractivity contribution is 0.109. The minimum Gasteiger partial charge on any atom is -0.393 e. The predicted molar refractivity (Wildman–Crippen MR) is 53.6 cm³/mol. The number of aliphatic hydroxyl groups excluding tert-OH is 1. The Labute approximate surface area is 79.4 Å². The summed E-state index contributed by atoms with van der Waals surface area (Å²) >= 11 is 0. The van der Waals surface area contributed by atoms with Gasteiger partial charge in [-0.3, -0.25) is 0 Å². The van der Waals surface area contributed by atoms with Crippen LogP contribution in [0, 0.1) is 5.92 Å². The Kier molecular flexibility index (Phi) is 2.36. The van der Waals surface area contributed by atoms with E-state index in [9.17, 15) is 5.11 Å². The summed E-state index contributed by atoms with van der Waals surface area (Å²) in [5.41, 5.74) is 2.86. The molecule has 0 spiro atoms. The first-order valence-electron chi connectivity index (χ1n) is 5.06. The summed E-state index contributed by atoms with van der Waals surface area (Å²) in [5, 5.41) is 9.73. The van der Waals surface area contributed by atoms with Gasteiger partial charge in [0.2, 0.25) is 0 Å². The fraction of sp³-hybridized carbons (Fsp3) is 0.500. The molecule has 1 atom stereocenters. The maximum atomic E-state index is 9.73. The monoisotopic (exact) mass is 176 g/mol. The van der Waals surface area contributed by atoms with E-state index in [1.807, 2.05) is 6.92 Å². The highest BCUT2D eigenvalue weighted by Crippen LogP contribution is 2.29. The van der Waals surface area contributed by atoms with E-state index in [0.29, 0.717) is 5.92 Å². The molecule has 1 aliphatic rings. The molecule has 0 aromatic heterocycles. The van der Waals surface area contributed by atoms with Gasteiger partial charge in [0, 0.05) is 0 Å². The van der Waals surface area contributed by atoms with Gasteiger partial charge in [0.25, 0.3) is 0 Å². The van der Waals surface area contributed by atoms with Crippen molar-refractivity contribution in [3.05, 3.63) is 35.4 Å². The zero-order chi connectivity index (χ0) is 9.26. The largest absolute Gasteiger partial charge is 0.393 e. The van der Waals surface area contributed by atoms with Crippen molar-refractivity contribution >= 4 is 0 Å². The van der Waals surface area contributed by atoms with Gasteiger partial charge in [-0.25, -0.2) is 0 Å². The normalized spacial score (nSPS) is 18.6. The molecule has 0 heterocycles. The molecule has 0 unspecified atom stereocenters. The third-order valence-corrected chi connectivity index (χ3v) is 3.05. The molecule has 2 rings (SSSR count). The van der Waals surface area contributed by atoms with Crippen LogP contribution in [-0.4, -0.2) is 11.2 Å². The highest BCUT2D eigenvalue weighted by atomic mass is 16.3. The summed E-state index contributed by atoms with van der Waals surface area (Å²) in [4.78, 5) is 0. The third-order valence-electron chi connectivity index (χ3n) is 3.05. The summed E-state index contributed by atoms with van der Waals surface area (Å²) in [5.74, 6) is 0.461. The molecule has 1 aromatic carbocycles. The lowest BCUT2D eigenvalue weighted by Crippen LogP contribution is -2.19. The number of fused-ring (bicyclic) bond motifs is 1. The minimum absolute atomic E-state index is 0.118. The summed E-state index contributed by atoms with van der Waals surface area (Å²) in [6.07, 6.45) is 2.88. The second-order valence-corrected chi connectivity index (χ2v) is 3.91. The predicted octanol–water partition coefficient (Wildman–Crippen LogP) is 2.17. The number of benzene rings is 1. The second-order valence-electron chi connectivity index (χ2n) is 3.91. The van der Waals surface area contributed by atoms with Crippen LogP contribution in [0.2, 0.25) is 0 Å². The van der Waals surface area contributed by atoms with Crippen molar-refractivity contribution in [1.29, 1.82) is 0 Å². The molecule has 0 radical (unpaired) electrons. The van der Waals surface area contributed by atoms with Crippen molar-refractivity contribution in [2.45, 2.75) is 32.3 Å². The SMILES string of the molecule is CC[C@H](O)C1Cc2ccccc2C1. The summed E-state index contributed by atoms with van der Waals surface area (Å²) in [6.45, 7) is 2.05. The molecule has 1 nitrogen and oxygen atoms in total. The van der Waals surface area contributed by atoms with Gasteiger partial charge in [0.05, 0.1) is 6.10 Å². The van der Waals surface area contributed by atoms with Crippen LogP contribution in [0.5, 0.6) is 0 Å². The van der Waals surface area contributed by atoms with Crippen molar-refractivity contribution in [2.24, 2.45) is 5.92 Å². The molecule has 0 saturated carbocycles. The fourth-order valence-electron chi connectivity index (χ4n) is 2.20. The zero-order valence-electron chi connectivity index (χ0n) is 8.03. The van der Waals surface area contributed by atoms with E-state index in [1.54, 1.807) is 0 Å². The molecule has 1 heteroatoms. The van der Waals surface area contributed by atoms with Gasteiger partial charge in [0.15, 0.2) is 0 Å². The molecule has 0 aliphatic heterocycles. The lowest BCUT2D eigenvalue weighted by atomic mass is 9.97. The van der Waals surface area contributed by atoms with Crippen LogP contribution in [0.3, 0.4) is 0 Å². The zero-order valence-corrected chi connectivity index (χ0v) is 8.03. The Bertz CT molecular complexity index is 268. The van der Waals surface area contributed by atoms with Gasteiger partial charge >= 0.3 is 0 Å². The Morgan fingerprint density at radius 2 is 1.85 bits per heavy atom. The quantitative estimate of drug-likeness (QED) is 0.732. The topological polar surface area (TPSA) is 20.2 Å². The third kappa shape index (κ3) is 1.61. The molecule has 0 amide bonds. The average molecular weight is 176 g/mol. The summed E-state index contributed by atoms with van der Waals surface area (Å²) in [7, 11) is 0. The van der Waals surface area contributed by atoms with E-state index in [-0.39, 0.29) is 6.10 Å². The maximum absolute atomic E-state index is 9.73. The Hall–Kier alpha value is -0.820. The van der Waals surface area contributed by atoms with E-state index in [1.165, 1.54) is 11.1 Å². The Balaban J connectivity index is 2.14. The molecule has 0 fully saturated rings. The fourth-order valence-corrected chi connectivity index (χ4v) is 2.20. The van der Waals surface area contributed by atoms with Gasteiger partial charge in [-0.2, -0.15) is 0 Å². The van der Waals surface area contributed by atoms with Gasteiger partial charge in [-0.05, 0) is 36.3 Å². The first-order chi connectivity index (χ1) is 6.31. The first kappa shape index (κ1) is 8.76. The standard InChI is InChI=1S/C12H16O/c1-2-12(13)11-7-9-5-3-4-6-10(9)8-11/h3-6,11-13H,2,7-8H2,1H3/t12-/m0/s1. The smallest absolute Gasteiger partial charge is 0.0572 e. The highest BCUT2D eigenvalue weighted by molar-refractivity contribution is 5.32. The van der Waals surface area contributed by atoms with Crippen molar-refractivity contribution in [3.63, 3.8) is 0 Å². The van der Waals surface area contributed by atoms with Crippen molar-refractivity contribution in [1.82, 2.24) is 0 Å². The molecule has 0 saturated heterocycles. The van der Waals surface area contributed by atoms with Crippen molar-refractivity contribution in [2.75, 3.05) is 0 Å². The van der Waals surface area contributed by atoms with Gasteiger partial charge in [0.1, 0.15) is 0 Å². The second kappa shape index (κ2) is 3.51. The van der Waals surface area contributed by atoms with Crippen molar-refractivity contribution < 1.29 is 5.11 Å². The minimum atomic E-state index is -0.118. The Morgan fingerprint density at radius 1 is 1.31 bits per heavy atom. The van der Waals surface area contributed by atoms with Gasteiger partial charge < -0.3 is 5.11 Å². The van der Waals surface area contributed by atoms with Crippen LogP contribution >= 0.6 is 0 Å². The van der Waals surface area contributed by atoms with Crippen LogP contribution in [0.15, 0.2) is 24.3 Å². The number of hydrogen-bond acceptors (Lipinski definition) is 1. The van der Waals surface area contributed by atoms with E-state index in [0.717, 1.165) is 19.3 Å². The van der Waals surface area contributed by atoms with E-state index in [4.69, 9.17) is 0 Å². The summed E-state index contributed by atoms with van der Waals surface area (Å²) in [6, 6.07) is 8.52. The molecule has 1 aliphatic carbocycles. The number of aliphatic hydroxyl groups is 1. The van der Waals surface area contributed by atoms with Crippen molar-refractivity contribution in [3.8, 4) is 0 Å². The van der Waals surface area contributed by atoms with Gasteiger partial charge in [-0.1, -0.05) is 31.2 Å². The Morgan fingerprint density at radius 3 is 2.31 bits per heavy atom. The van der Waals surface area contributed by atoms with Crippen LogP contribution in [0.4, 0.5) is 0 Å².